The van der Waals surface area contributed by atoms with Gasteiger partial charge in [-0.1, -0.05) is 33.6 Å². The van der Waals surface area contributed by atoms with E-state index in [0.717, 1.165) is 30.2 Å². The molecule has 0 N–H and O–H groups in total. The molecule has 0 radical (unpaired) electrons. The molecule has 6 heteroatoms. The summed E-state index contributed by atoms with van der Waals surface area (Å²) in [5.41, 5.74) is 0.234. The number of carbonyl (C=O) groups excluding carboxylic acids is 1. The van der Waals surface area contributed by atoms with E-state index in [1.54, 1.807) is 12.1 Å². The van der Waals surface area contributed by atoms with Crippen molar-refractivity contribution in [3.8, 4) is 0 Å². The van der Waals surface area contributed by atoms with Crippen LogP contribution in [0.1, 0.15) is 40.9 Å². The van der Waals surface area contributed by atoms with Crippen molar-refractivity contribution in [2.24, 2.45) is 5.92 Å². The van der Waals surface area contributed by atoms with Gasteiger partial charge in [0, 0.05) is 23.2 Å². The fourth-order valence-corrected chi connectivity index (χ4v) is 3.63. The minimum absolute atomic E-state index is 0.0504. The third-order valence-electron chi connectivity index (χ3n) is 4.09. The quantitative estimate of drug-likeness (QED) is 0.567. The normalized spacial score (nSPS) is 20.3. The maximum atomic E-state index is 12.3. The monoisotopic (exact) mass is 398 g/mol. The largest absolute Gasteiger partial charge is 0.427 e. The molecule has 3 rings (SSSR count). The lowest BCUT2D eigenvalue weighted by Crippen LogP contribution is -2.22. The number of aryl methyl sites for hydroxylation is 1. The Bertz CT molecular complexity index is 747. The van der Waals surface area contributed by atoms with Gasteiger partial charge in [0.15, 0.2) is 0 Å². The number of hydrogen-bond acceptors (Lipinski definition) is 4. The summed E-state index contributed by atoms with van der Waals surface area (Å²) in [6, 6.07) is 1.62. The van der Waals surface area contributed by atoms with Crippen LogP contribution in [-0.2, 0) is 17.6 Å². The van der Waals surface area contributed by atoms with E-state index in [1.165, 1.54) is 0 Å². The molecule has 0 saturated carbocycles. The van der Waals surface area contributed by atoms with Crippen molar-refractivity contribution in [1.82, 2.24) is 0 Å². The molecule has 4 nitrogen and oxygen atoms in total. The Kier molecular flexibility index (Phi) is 5.07. The Balaban J connectivity index is 1.84. The SMILES string of the molecule is O=C(OC1=CC(Cl)=CCC1)c1cc2c(oc1=O)CCC(CBr)C2. The van der Waals surface area contributed by atoms with Crippen molar-refractivity contribution in [3.05, 3.63) is 56.3 Å². The van der Waals surface area contributed by atoms with Gasteiger partial charge in [0.25, 0.3) is 0 Å². The first-order chi connectivity index (χ1) is 11.1. The summed E-state index contributed by atoms with van der Waals surface area (Å²) in [4.78, 5) is 24.3. The van der Waals surface area contributed by atoms with Gasteiger partial charge in [-0.15, -0.1) is 0 Å². The standard InChI is InChI=1S/C17H16BrClO4/c18-9-10-4-5-15-11(6-10)7-14(17(21)23-15)16(20)22-13-3-1-2-12(19)8-13/h2,7-8,10H,1,3-6,9H2. The first-order valence-electron chi connectivity index (χ1n) is 7.57. The molecule has 2 aliphatic rings. The molecule has 1 aromatic rings. The van der Waals surface area contributed by atoms with Crippen LogP contribution in [0, 0.1) is 5.92 Å². The van der Waals surface area contributed by atoms with Crippen LogP contribution in [0.4, 0.5) is 0 Å². The molecule has 1 unspecified atom stereocenters. The van der Waals surface area contributed by atoms with Crippen LogP contribution in [0.15, 0.2) is 38.2 Å². The highest BCUT2D eigenvalue weighted by Gasteiger charge is 2.24. The van der Waals surface area contributed by atoms with Gasteiger partial charge in [0.1, 0.15) is 17.1 Å². The second-order valence-electron chi connectivity index (χ2n) is 5.79. The zero-order chi connectivity index (χ0) is 16.4. The number of ether oxygens (including phenoxy) is 1. The lowest BCUT2D eigenvalue weighted by molar-refractivity contribution is 0.0607. The fraction of sp³-hybridized carbons (Fsp3) is 0.412. The average molecular weight is 400 g/mol. The van der Waals surface area contributed by atoms with E-state index in [9.17, 15) is 9.59 Å². The number of hydrogen-bond donors (Lipinski definition) is 0. The van der Waals surface area contributed by atoms with Crippen LogP contribution in [0.25, 0.3) is 0 Å². The number of esters is 1. The molecule has 122 valence electrons. The summed E-state index contributed by atoms with van der Waals surface area (Å²) >= 11 is 9.39. The summed E-state index contributed by atoms with van der Waals surface area (Å²) in [5.74, 6) is 0.966. The zero-order valence-electron chi connectivity index (χ0n) is 12.4. The molecule has 1 atom stereocenters. The number of halogens is 2. The molecule has 1 heterocycles. The van der Waals surface area contributed by atoms with Gasteiger partial charge in [-0.25, -0.2) is 9.59 Å². The number of alkyl halides is 1. The maximum absolute atomic E-state index is 12.3. The lowest BCUT2D eigenvalue weighted by atomic mass is 9.88. The number of fused-ring (bicyclic) bond motifs is 1. The van der Waals surface area contributed by atoms with Crippen molar-refractivity contribution in [3.63, 3.8) is 0 Å². The summed E-state index contributed by atoms with van der Waals surface area (Å²) in [6.45, 7) is 0. The van der Waals surface area contributed by atoms with Crippen LogP contribution in [0.3, 0.4) is 0 Å². The van der Waals surface area contributed by atoms with E-state index < -0.39 is 11.6 Å². The Morgan fingerprint density at radius 3 is 3.00 bits per heavy atom. The van der Waals surface area contributed by atoms with Gasteiger partial charge < -0.3 is 9.15 Å². The highest BCUT2D eigenvalue weighted by Crippen LogP contribution is 2.27. The van der Waals surface area contributed by atoms with Gasteiger partial charge in [0.05, 0.1) is 0 Å². The first kappa shape index (κ1) is 16.5. The van der Waals surface area contributed by atoms with Crippen molar-refractivity contribution in [2.45, 2.75) is 32.1 Å². The second-order valence-corrected chi connectivity index (χ2v) is 6.87. The van der Waals surface area contributed by atoms with Crippen LogP contribution in [0.2, 0.25) is 0 Å². The Labute approximate surface area is 147 Å². The van der Waals surface area contributed by atoms with Gasteiger partial charge in [-0.3, -0.25) is 0 Å². The van der Waals surface area contributed by atoms with E-state index in [2.05, 4.69) is 15.9 Å². The average Bonchev–Trinajstić information content (AvgIpc) is 2.53. The molecule has 0 aliphatic heterocycles. The third-order valence-corrected chi connectivity index (χ3v) is 5.27. The molecule has 1 aromatic heterocycles. The van der Waals surface area contributed by atoms with E-state index in [-0.39, 0.29) is 5.56 Å². The molecule has 0 aromatic carbocycles. The van der Waals surface area contributed by atoms with Crippen LogP contribution in [-0.4, -0.2) is 11.3 Å². The van der Waals surface area contributed by atoms with Crippen molar-refractivity contribution in [2.75, 3.05) is 5.33 Å². The number of carbonyl (C=O) groups is 1. The minimum Gasteiger partial charge on any atom is -0.427 e. The fourth-order valence-electron chi connectivity index (χ4n) is 2.84. The summed E-state index contributed by atoms with van der Waals surface area (Å²) in [5, 5.41) is 1.43. The van der Waals surface area contributed by atoms with Gasteiger partial charge in [0.2, 0.25) is 0 Å². The number of allylic oxidation sites excluding steroid dienone is 4. The molecule has 0 amide bonds. The van der Waals surface area contributed by atoms with E-state index in [4.69, 9.17) is 20.8 Å². The predicted molar refractivity (Wildman–Crippen MR) is 91.0 cm³/mol. The lowest BCUT2D eigenvalue weighted by Gasteiger charge is -2.21. The van der Waals surface area contributed by atoms with E-state index in [1.807, 2.05) is 6.08 Å². The maximum Gasteiger partial charge on any atom is 0.350 e. The highest BCUT2D eigenvalue weighted by molar-refractivity contribution is 9.09. The van der Waals surface area contributed by atoms with Crippen molar-refractivity contribution < 1.29 is 13.9 Å². The summed E-state index contributed by atoms with van der Waals surface area (Å²) in [7, 11) is 0. The smallest absolute Gasteiger partial charge is 0.350 e. The molecule has 0 spiro atoms. The van der Waals surface area contributed by atoms with E-state index >= 15 is 0 Å². The Morgan fingerprint density at radius 2 is 2.26 bits per heavy atom. The summed E-state index contributed by atoms with van der Waals surface area (Å²) < 4.78 is 10.6. The van der Waals surface area contributed by atoms with Crippen molar-refractivity contribution in [1.29, 1.82) is 0 Å². The molecule has 2 aliphatic carbocycles. The third kappa shape index (κ3) is 3.78. The molecular weight excluding hydrogens is 384 g/mol. The van der Waals surface area contributed by atoms with Gasteiger partial charge in [-0.2, -0.15) is 0 Å². The number of rotatable bonds is 3. The highest BCUT2D eigenvalue weighted by atomic mass is 79.9. The van der Waals surface area contributed by atoms with Crippen LogP contribution < -0.4 is 5.63 Å². The molecular formula is C17H16BrClO4. The predicted octanol–water partition coefficient (Wildman–Crippen LogP) is 4.10. The van der Waals surface area contributed by atoms with Crippen LogP contribution in [0.5, 0.6) is 0 Å². The van der Waals surface area contributed by atoms with Gasteiger partial charge >= 0.3 is 11.6 Å². The Hall–Kier alpha value is -1.33. The molecule has 0 bridgehead atoms. The van der Waals surface area contributed by atoms with Crippen molar-refractivity contribution >= 4 is 33.5 Å². The molecule has 0 fully saturated rings. The Morgan fingerprint density at radius 1 is 1.43 bits per heavy atom. The van der Waals surface area contributed by atoms with E-state index in [0.29, 0.717) is 35.3 Å². The zero-order valence-corrected chi connectivity index (χ0v) is 14.8. The summed E-state index contributed by atoms with van der Waals surface area (Å²) in [6.07, 6.45) is 7.25. The van der Waals surface area contributed by atoms with Crippen LogP contribution >= 0.6 is 27.5 Å². The first-order valence-corrected chi connectivity index (χ1v) is 9.07. The second kappa shape index (κ2) is 7.05. The molecule has 23 heavy (non-hydrogen) atoms. The minimum atomic E-state index is -0.680. The topological polar surface area (TPSA) is 56.5 Å². The molecule has 0 saturated heterocycles. The van der Waals surface area contributed by atoms with Gasteiger partial charge in [-0.05, 0) is 42.9 Å².